The zero-order chi connectivity index (χ0) is 16.0. The fraction of sp³-hybridized carbons (Fsp3) is 0.357. The van der Waals surface area contributed by atoms with Crippen LogP contribution in [0.1, 0.15) is 24.2 Å². The number of hydrogen-bond donors (Lipinski definition) is 4. The highest BCUT2D eigenvalue weighted by atomic mass is 16.4. The number of carbonyl (C=O) groups is 3. The molecule has 21 heavy (non-hydrogen) atoms. The second-order valence-corrected chi connectivity index (χ2v) is 4.89. The number of carbonyl (C=O) groups excluding carboxylic acids is 2. The Kier molecular flexibility index (Phi) is 5.86. The SMILES string of the molecule is CC(C)[C@H](N)C(=O)NCC(=O)Nc1ccccc1C(=O)O. The van der Waals surface area contributed by atoms with Gasteiger partial charge in [-0.25, -0.2) is 4.79 Å². The Labute approximate surface area is 122 Å². The van der Waals surface area contributed by atoms with Gasteiger partial charge in [-0.2, -0.15) is 0 Å². The number of para-hydroxylation sites is 1. The minimum Gasteiger partial charge on any atom is -0.478 e. The second-order valence-electron chi connectivity index (χ2n) is 4.89. The molecule has 1 aromatic rings. The van der Waals surface area contributed by atoms with Gasteiger partial charge in [0, 0.05) is 0 Å². The maximum absolute atomic E-state index is 11.7. The van der Waals surface area contributed by atoms with Crippen molar-refractivity contribution in [3.63, 3.8) is 0 Å². The third-order valence-corrected chi connectivity index (χ3v) is 2.88. The number of carboxylic acid groups (broad SMARTS) is 1. The van der Waals surface area contributed by atoms with Crippen molar-refractivity contribution in [2.75, 3.05) is 11.9 Å². The lowest BCUT2D eigenvalue weighted by Crippen LogP contribution is -2.46. The molecule has 0 unspecified atom stereocenters. The summed E-state index contributed by atoms with van der Waals surface area (Å²) in [6.45, 7) is 3.33. The van der Waals surface area contributed by atoms with Crippen LogP contribution in [0.2, 0.25) is 0 Å². The molecule has 0 radical (unpaired) electrons. The van der Waals surface area contributed by atoms with E-state index >= 15 is 0 Å². The summed E-state index contributed by atoms with van der Waals surface area (Å²) in [7, 11) is 0. The first kappa shape index (κ1) is 16.6. The van der Waals surface area contributed by atoms with Crippen molar-refractivity contribution < 1.29 is 19.5 Å². The summed E-state index contributed by atoms with van der Waals surface area (Å²) < 4.78 is 0. The zero-order valence-corrected chi connectivity index (χ0v) is 11.9. The molecule has 0 fully saturated rings. The minimum absolute atomic E-state index is 0.0175. The molecule has 0 aliphatic carbocycles. The molecule has 0 spiro atoms. The van der Waals surface area contributed by atoms with Crippen LogP contribution in [0.3, 0.4) is 0 Å². The number of anilines is 1. The van der Waals surface area contributed by atoms with E-state index in [1.807, 2.05) is 0 Å². The van der Waals surface area contributed by atoms with Gasteiger partial charge in [-0.1, -0.05) is 26.0 Å². The Morgan fingerprint density at radius 1 is 1.24 bits per heavy atom. The van der Waals surface area contributed by atoms with Crippen LogP contribution in [0.25, 0.3) is 0 Å². The molecule has 0 bridgehead atoms. The summed E-state index contributed by atoms with van der Waals surface area (Å²) in [5, 5.41) is 13.8. The lowest BCUT2D eigenvalue weighted by atomic mass is 10.1. The second kappa shape index (κ2) is 7.39. The maximum atomic E-state index is 11.7. The van der Waals surface area contributed by atoms with E-state index in [9.17, 15) is 14.4 Å². The van der Waals surface area contributed by atoms with Gasteiger partial charge < -0.3 is 21.5 Å². The van der Waals surface area contributed by atoms with Crippen molar-refractivity contribution >= 4 is 23.5 Å². The molecule has 5 N–H and O–H groups in total. The summed E-state index contributed by atoms with van der Waals surface area (Å²) in [5.41, 5.74) is 5.80. The third kappa shape index (κ3) is 4.88. The average Bonchev–Trinajstić information content (AvgIpc) is 2.44. The lowest BCUT2D eigenvalue weighted by molar-refractivity contribution is -0.125. The van der Waals surface area contributed by atoms with Gasteiger partial charge in [0.25, 0.3) is 0 Å². The predicted octanol–water partition coefficient (Wildman–Crippen LogP) is 0.423. The zero-order valence-electron chi connectivity index (χ0n) is 11.9. The molecule has 114 valence electrons. The number of nitrogens with two attached hydrogens (primary N) is 1. The number of amides is 2. The van der Waals surface area contributed by atoms with Crippen LogP contribution < -0.4 is 16.4 Å². The van der Waals surface area contributed by atoms with Gasteiger partial charge in [-0.15, -0.1) is 0 Å². The minimum atomic E-state index is -1.14. The summed E-state index contributed by atoms with van der Waals surface area (Å²) in [6, 6.07) is 5.33. The molecule has 1 atom stereocenters. The summed E-state index contributed by atoms with van der Waals surface area (Å²) in [6.07, 6.45) is 0. The first-order valence-electron chi connectivity index (χ1n) is 6.48. The number of rotatable bonds is 6. The maximum Gasteiger partial charge on any atom is 0.337 e. The van der Waals surface area contributed by atoms with Gasteiger partial charge in [0.15, 0.2) is 0 Å². The first-order chi connectivity index (χ1) is 9.82. The van der Waals surface area contributed by atoms with Crippen molar-refractivity contribution in [3.8, 4) is 0 Å². The van der Waals surface area contributed by atoms with Crippen LogP contribution in [-0.2, 0) is 9.59 Å². The number of nitrogens with one attached hydrogen (secondary N) is 2. The molecule has 7 heteroatoms. The van der Waals surface area contributed by atoms with Crippen LogP contribution in [0.15, 0.2) is 24.3 Å². The van der Waals surface area contributed by atoms with Gasteiger partial charge in [-0.05, 0) is 18.1 Å². The van der Waals surface area contributed by atoms with Crippen molar-refractivity contribution in [2.45, 2.75) is 19.9 Å². The predicted molar refractivity (Wildman–Crippen MR) is 77.9 cm³/mol. The van der Waals surface area contributed by atoms with E-state index in [4.69, 9.17) is 10.8 Å². The van der Waals surface area contributed by atoms with E-state index in [0.717, 1.165) is 0 Å². The first-order valence-corrected chi connectivity index (χ1v) is 6.48. The van der Waals surface area contributed by atoms with Gasteiger partial charge in [0.1, 0.15) is 0 Å². The summed E-state index contributed by atoms with van der Waals surface area (Å²) >= 11 is 0. The molecule has 0 saturated heterocycles. The van der Waals surface area contributed by atoms with E-state index in [1.165, 1.54) is 12.1 Å². The largest absolute Gasteiger partial charge is 0.478 e. The molecule has 2 amide bonds. The number of hydrogen-bond acceptors (Lipinski definition) is 4. The molecular weight excluding hydrogens is 274 g/mol. The molecule has 7 nitrogen and oxygen atoms in total. The fourth-order valence-corrected chi connectivity index (χ4v) is 1.56. The van der Waals surface area contributed by atoms with Crippen LogP contribution in [0.5, 0.6) is 0 Å². The molecule has 0 heterocycles. The molecule has 1 aromatic carbocycles. The number of carboxylic acids is 1. The highest BCUT2D eigenvalue weighted by Gasteiger charge is 2.18. The third-order valence-electron chi connectivity index (χ3n) is 2.88. The van der Waals surface area contributed by atoms with Crippen LogP contribution >= 0.6 is 0 Å². The summed E-state index contributed by atoms with van der Waals surface area (Å²) in [4.78, 5) is 34.3. The highest BCUT2D eigenvalue weighted by molar-refractivity contribution is 6.01. The van der Waals surface area contributed by atoms with E-state index in [-0.39, 0.29) is 23.7 Å². The van der Waals surface area contributed by atoms with Crippen LogP contribution in [0, 0.1) is 5.92 Å². The summed E-state index contributed by atoms with van der Waals surface area (Å²) in [5.74, 6) is -2.13. The Morgan fingerprint density at radius 3 is 2.43 bits per heavy atom. The molecule has 0 aromatic heterocycles. The van der Waals surface area contributed by atoms with E-state index in [2.05, 4.69) is 10.6 Å². The molecule has 0 aliphatic rings. The van der Waals surface area contributed by atoms with Crippen molar-refractivity contribution in [2.24, 2.45) is 11.7 Å². The Morgan fingerprint density at radius 2 is 1.86 bits per heavy atom. The Bertz CT molecular complexity index is 543. The number of benzene rings is 1. The van der Waals surface area contributed by atoms with Crippen LogP contribution in [0.4, 0.5) is 5.69 Å². The average molecular weight is 293 g/mol. The van der Waals surface area contributed by atoms with Gasteiger partial charge in [0.05, 0.1) is 23.8 Å². The van der Waals surface area contributed by atoms with Crippen molar-refractivity contribution in [3.05, 3.63) is 29.8 Å². The molecule has 1 rings (SSSR count). The lowest BCUT2D eigenvalue weighted by Gasteiger charge is -2.15. The Hall–Kier alpha value is -2.41. The van der Waals surface area contributed by atoms with Crippen molar-refractivity contribution in [1.82, 2.24) is 5.32 Å². The quantitative estimate of drug-likeness (QED) is 0.605. The Balaban J connectivity index is 2.59. The molecule has 0 aliphatic heterocycles. The topological polar surface area (TPSA) is 122 Å². The van der Waals surface area contributed by atoms with E-state index in [0.29, 0.717) is 0 Å². The fourth-order valence-electron chi connectivity index (χ4n) is 1.56. The van der Waals surface area contributed by atoms with Gasteiger partial charge in [0.2, 0.25) is 11.8 Å². The van der Waals surface area contributed by atoms with Gasteiger partial charge >= 0.3 is 5.97 Å². The standard InChI is InChI=1S/C14H19N3O4/c1-8(2)12(15)13(19)16-7-11(18)17-10-6-4-3-5-9(10)14(20)21/h3-6,8,12H,7,15H2,1-2H3,(H,16,19)(H,17,18)(H,20,21)/t12-/m0/s1. The number of aromatic carboxylic acids is 1. The normalized spacial score (nSPS) is 11.8. The van der Waals surface area contributed by atoms with Crippen molar-refractivity contribution in [1.29, 1.82) is 0 Å². The van der Waals surface area contributed by atoms with Gasteiger partial charge in [-0.3, -0.25) is 9.59 Å². The monoisotopic (exact) mass is 293 g/mol. The van der Waals surface area contributed by atoms with E-state index in [1.54, 1.807) is 26.0 Å². The smallest absolute Gasteiger partial charge is 0.337 e. The highest BCUT2D eigenvalue weighted by Crippen LogP contribution is 2.14. The van der Waals surface area contributed by atoms with Crippen LogP contribution in [-0.4, -0.2) is 35.5 Å². The molecular formula is C14H19N3O4. The van der Waals surface area contributed by atoms with E-state index < -0.39 is 23.8 Å². The molecule has 0 saturated carbocycles.